The molecule has 0 aromatic carbocycles. The molecule has 1 heterocycles. The van der Waals surface area contributed by atoms with Crippen molar-refractivity contribution in [1.82, 2.24) is 0 Å². The topological polar surface area (TPSA) is 0 Å². The Labute approximate surface area is 124 Å². The Morgan fingerprint density at radius 1 is 0.917 bits per heavy atom. The van der Waals surface area contributed by atoms with E-state index in [0.717, 1.165) is 0 Å². The molecule has 0 aromatic rings. The van der Waals surface area contributed by atoms with Gasteiger partial charge >= 0.3 is 88.1 Å². The first kappa shape index (κ1) is 24.0. The molecule has 6 heteroatoms. The third kappa shape index (κ3) is 6.86. The molecule has 2 radical (unpaired) electrons. The predicted octanol–water partition coefficient (Wildman–Crippen LogP) is -8.18. The van der Waals surface area contributed by atoms with Gasteiger partial charge < -0.3 is 37.2 Å². The van der Waals surface area contributed by atoms with E-state index in [2.05, 4.69) is 20.8 Å². The normalized spacial score (nSPS) is 16.4. The van der Waals surface area contributed by atoms with E-state index in [1.165, 1.54) is 0 Å². The number of halogens is 3. The van der Waals surface area contributed by atoms with Crippen LogP contribution < -0.4 is 37.2 Å². The van der Waals surface area contributed by atoms with E-state index in [1.54, 1.807) is 14.2 Å². The number of hydrogen-bond donors (Lipinski definition) is 0. The summed E-state index contributed by atoms with van der Waals surface area (Å²) in [7, 11) is 0. The van der Waals surface area contributed by atoms with Gasteiger partial charge in [-0.1, -0.05) is 0 Å². The van der Waals surface area contributed by atoms with E-state index >= 15 is 0 Å². The van der Waals surface area contributed by atoms with Gasteiger partial charge in [-0.2, -0.15) is 0 Å². The molecule has 0 aliphatic carbocycles. The van der Waals surface area contributed by atoms with Crippen LogP contribution in [0.4, 0.5) is 0 Å². The van der Waals surface area contributed by atoms with Crippen LogP contribution in [-0.4, -0.2) is 31.2 Å². The molecule has 1 aliphatic rings. The Morgan fingerprint density at radius 2 is 1.33 bits per heavy atom. The summed E-state index contributed by atoms with van der Waals surface area (Å²) in [6.45, 7) is 6.85. The van der Waals surface area contributed by atoms with Crippen molar-refractivity contribution < 1.29 is 63.4 Å². The molecular weight excluding hydrogens is 419 g/mol. The van der Waals surface area contributed by atoms with Gasteiger partial charge in [0.15, 0.2) is 0 Å². The molecule has 0 spiro atoms. The second kappa shape index (κ2) is 11.6. The maximum Gasteiger partial charge on any atom is 3.00 e. The standard InChI is InChI=1S/C6H9As2.3ClH.Zr/c1-4-5(2)7-8-6(4)3;;;;/h1-3H3;3*1H;/q;;;;+3/p-3. The van der Waals surface area contributed by atoms with Crippen LogP contribution in [0.3, 0.4) is 0 Å². The van der Waals surface area contributed by atoms with Gasteiger partial charge in [0, 0.05) is 0 Å². The zero-order chi connectivity index (χ0) is 6.15. The van der Waals surface area contributed by atoms with E-state index in [1.807, 2.05) is 0 Å². The molecule has 0 bridgehead atoms. The second-order valence-corrected chi connectivity index (χ2v) is 10.0. The fourth-order valence-electron chi connectivity index (χ4n) is 0.562. The van der Waals surface area contributed by atoms with Crippen LogP contribution in [0.5, 0.6) is 0 Å². The van der Waals surface area contributed by atoms with Gasteiger partial charge in [0.05, 0.1) is 0 Å². The molecule has 0 unspecified atom stereocenters. The molecular formula is C6H9As2Cl3Zr. The predicted molar refractivity (Wildman–Crippen MR) is 40.6 cm³/mol. The van der Waals surface area contributed by atoms with Crippen molar-refractivity contribution >= 4 is 31.2 Å². The average molecular weight is 429 g/mol. The Bertz CT molecular complexity index is 174. The molecule has 0 amide bonds. The molecule has 1 rings (SSSR count). The first-order chi connectivity index (χ1) is 3.72. The minimum absolute atomic E-state index is 0. The molecule has 0 atom stereocenters. The van der Waals surface area contributed by atoms with Crippen molar-refractivity contribution in [2.75, 3.05) is 0 Å². The molecule has 0 saturated carbocycles. The second-order valence-electron chi connectivity index (χ2n) is 2.00. The number of rotatable bonds is 0. The molecule has 68 valence electrons. The summed E-state index contributed by atoms with van der Waals surface area (Å²) in [5, 5.41) is 0. The minimum atomic E-state index is 0. The fraction of sp³-hybridized carbons (Fsp3) is 0.500. The Kier molecular flexibility index (Phi) is 23.1. The van der Waals surface area contributed by atoms with E-state index in [9.17, 15) is 0 Å². The Hall–Kier alpha value is 2.48. The van der Waals surface area contributed by atoms with E-state index in [0.29, 0.717) is 26.9 Å². The summed E-state index contributed by atoms with van der Waals surface area (Å²) < 4.78 is 3.44. The van der Waals surface area contributed by atoms with Gasteiger partial charge in [0.2, 0.25) is 0 Å². The van der Waals surface area contributed by atoms with Crippen molar-refractivity contribution in [3.63, 3.8) is 0 Å². The fourth-order valence-corrected chi connectivity index (χ4v) is 9.48. The quantitative estimate of drug-likeness (QED) is 0.337. The summed E-state index contributed by atoms with van der Waals surface area (Å²) in [4.78, 5) is 0. The molecule has 0 N–H and O–H groups in total. The van der Waals surface area contributed by atoms with Crippen LogP contribution in [0.2, 0.25) is 0 Å². The first-order valence-corrected chi connectivity index (χ1v) is 9.72. The van der Waals surface area contributed by atoms with Gasteiger partial charge in [0.1, 0.15) is 0 Å². The molecule has 0 saturated heterocycles. The monoisotopic (exact) mass is 426 g/mol. The van der Waals surface area contributed by atoms with E-state index in [4.69, 9.17) is 0 Å². The van der Waals surface area contributed by atoms with Gasteiger partial charge in [-0.05, 0) is 0 Å². The van der Waals surface area contributed by atoms with E-state index in [-0.39, 0.29) is 63.4 Å². The SMILES string of the molecule is CC1=[As][As]C(C)=C1C.[Cl-].[Cl-].[Cl-].[Zr+3]. The molecule has 12 heavy (non-hydrogen) atoms. The first-order valence-electron chi connectivity index (χ1n) is 2.65. The summed E-state index contributed by atoms with van der Waals surface area (Å²) in [5.74, 6) is 0. The minimum Gasteiger partial charge on any atom is -1.00 e. The van der Waals surface area contributed by atoms with E-state index < -0.39 is 0 Å². The zero-order valence-electron chi connectivity index (χ0n) is 7.03. The van der Waals surface area contributed by atoms with Crippen LogP contribution in [0, 0.1) is 0 Å². The maximum absolute atomic E-state index is 2.29. The van der Waals surface area contributed by atoms with Crippen LogP contribution >= 0.6 is 0 Å². The van der Waals surface area contributed by atoms with Crippen molar-refractivity contribution in [3.8, 4) is 0 Å². The summed E-state index contributed by atoms with van der Waals surface area (Å²) in [5.41, 5.74) is 1.63. The molecule has 1 aliphatic heterocycles. The third-order valence-electron chi connectivity index (χ3n) is 1.44. The summed E-state index contributed by atoms with van der Waals surface area (Å²) in [6.07, 6.45) is 0. The van der Waals surface area contributed by atoms with Gasteiger partial charge in [0.25, 0.3) is 0 Å². The van der Waals surface area contributed by atoms with Gasteiger partial charge in [-0.15, -0.1) is 0 Å². The van der Waals surface area contributed by atoms with Gasteiger partial charge in [-0.25, -0.2) is 0 Å². The van der Waals surface area contributed by atoms with Crippen LogP contribution in [0.25, 0.3) is 0 Å². The molecule has 0 aromatic heterocycles. The largest absolute Gasteiger partial charge is 3.00 e. The van der Waals surface area contributed by atoms with Crippen molar-refractivity contribution in [3.05, 3.63) is 9.93 Å². The van der Waals surface area contributed by atoms with Crippen LogP contribution in [0.1, 0.15) is 20.8 Å². The Morgan fingerprint density at radius 3 is 1.42 bits per heavy atom. The summed E-state index contributed by atoms with van der Waals surface area (Å²) in [6, 6.07) is 0. The number of allylic oxidation sites excluding steroid dienone is 2. The van der Waals surface area contributed by atoms with Crippen LogP contribution in [-0.2, 0) is 26.2 Å². The third-order valence-corrected chi connectivity index (χ3v) is 11.9. The Balaban J connectivity index is -0.0000000800. The van der Waals surface area contributed by atoms with Crippen molar-refractivity contribution in [1.29, 1.82) is 0 Å². The summed E-state index contributed by atoms with van der Waals surface area (Å²) >= 11 is 1.33. The van der Waals surface area contributed by atoms with Crippen molar-refractivity contribution in [2.24, 2.45) is 0 Å². The van der Waals surface area contributed by atoms with Crippen LogP contribution in [0.15, 0.2) is 9.93 Å². The smallest absolute Gasteiger partial charge is 1.00 e. The van der Waals surface area contributed by atoms with Gasteiger partial charge in [-0.3, -0.25) is 0 Å². The van der Waals surface area contributed by atoms with Crippen molar-refractivity contribution in [2.45, 2.75) is 20.8 Å². The molecule has 0 nitrogen and oxygen atoms in total. The maximum atomic E-state index is 2.29. The zero-order valence-corrected chi connectivity index (χ0v) is 15.5. The number of hydrogen-bond acceptors (Lipinski definition) is 0. The average Bonchev–Trinajstić information content (AvgIpc) is 1.98. The molecule has 0 fully saturated rings.